The van der Waals surface area contributed by atoms with Crippen LogP contribution in [0.3, 0.4) is 0 Å². The summed E-state index contributed by atoms with van der Waals surface area (Å²) in [6, 6.07) is -0.0704. The number of carboxylic acid groups (broad SMARTS) is 1. The fourth-order valence-electron chi connectivity index (χ4n) is 3.13. The van der Waals surface area contributed by atoms with Crippen LogP contribution in [0.4, 0.5) is 4.79 Å². The first kappa shape index (κ1) is 15.1. The van der Waals surface area contributed by atoms with E-state index >= 15 is 0 Å². The van der Waals surface area contributed by atoms with Gasteiger partial charge in [-0.3, -0.25) is 4.79 Å². The van der Waals surface area contributed by atoms with Gasteiger partial charge in [0.05, 0.1) is 5.41 Å². The normalized spacial score (nSPS) is 22.9. The van der Waals surface area contributed by atoms with Crippen LogP contribution in [-0.4, -0.2) is 29.7 Å². The average molecular weight is 282 g/mol. The van der Waals surface area contributed by atoms with E-state index in [0.29, 0.717) is 12.8 Å². The van der Waals surface area contributed by atoms with E-state index in [4.69, 9.17) is 0 Å². The quantitative estimate of drug-likeness (QED) is 0.700. The molecule has 0 heterocycles. The second kappa shape index (κ2) is 6.46. The first-order valence-electron chi connectivity index (χ1n) is 7.80. The number of carbonyl (C=O) groups is 2. The van der Waals surface area contributed by atoms with Gasteiger partial charge in [0.15, 0.2) is 0 Å². The molecule has 3 N–H and O–H groups in total. The third-order valence-electron chi connectivity index (χ3n) is 4.61. The minimum absolute atomic E-state index is 0.162. The number of urea groups is 1. The second-order valence-corrected chi connectivity index (χ2v) is 6.55. The Morgan fingerprint density at radius 1 is 1.25 bits per heavy atom. The molecule has 1 unspecified atom stereocenters. The van der Waals surface area contributed by atoms with Crippen molar-refractivity contribution < 1.29 is 14.7 Å². The summed E-state index contributed by atoms with van der Waals surface area (Å²) in [6.45, 7) is 2.25. The number of aliphatic carboxylic acids is 1. The SMILES string of the molecule is CC(CC1CC1)NC(=O)NCC1(C(=O)O)CCCCC1. The zero-order valence-corrected chi connectivity index (χ0v) is 12.3. The summed E-state index contributed by atoms with van der Waals surface area (Å²) in [4.78, 5) is 23.3. The van der Waals surface area contributed by atoms with E-state index in [1.54, 1.807) is 0 Å². The van der Waals surface area contributed by atoms with Crippen molar-refractivity contribution >= 4 is 12.0 Å². The summed E-state index contributed by atoms with van der Waals surface area (Å²) < 4.78 is 0. The van der Waals surface area contributed by atoms with Gasteiger partial charge >= 0.3 is 12.0 Å². The fourth-order valence-corrected chi connectivity index (χ4v) is 3.13. The van der Waals surface area contributed by atoms with Gasteiger partial charge in [-0.2, -0.15) is 0 Å². The summed E-state index contributed by atoms with van der Waals surface area (Å²) in [5, 5.41) is 15.1. The Kier molecular flexibility index (Phi) is 4.89. The fraction of sp³-hybridized carbons (Fsp3) is 0.867. The van der Waals surface area contributed by atoms with E-state index in [1.807, 2.05) is 6.92 Å². The molecule has 1 atom stereocenters. The third-order valence-corrected chi connectivity index (χ3v) is 4.61. The maximum atomic E-state index is 11.8. The van der Waals surface area contributed by atoms with Gasteiger partial charge in [-0.1, -0.05) is 32.1 Å². The third kappa shape index (κ3) is 4.12. The lowest BCUT2D eigenvalue weighted by molar-refractivity contribution is -0.150. The highest BCUT2D eigenvalue weighted by Crippen LogP contribution is 2.36. The smallest absolute Gasteiger partial charge is 0.315 e. The van der Waals surface area contributed by atoms with Crippen LogP contribution in [0.25, 0.3) is 0 Å². The molecular weight excluding hydrogens is 256 g/mol. The molecule has 0 aromatic heterocycles. The minimum atomic E-state index is -0.775. The van der Waals surface area contributed by atoms with Crippen molar-refractivity contribution in [3.8, 4) is 0 Å². The first-order chi connectivity index (χ1) is 9.52. The van der Waals surface area contributed by atoms with Crippen LogP contribution in [0.1, 0.15) is 58.3 Å². The van der Waals surface area contributed by atoms with Gasteiger partial charge in [-0.25, -0.2) is 4.79 Å². The van der Waals surface area contributed by atoms with Crippen molar-refractivity contribution in [3.05, 3.63) is 0 Å². The van der Waals surface area contributed by atoms with Crippen molar-refractivity contribution in [1.82, 2.24) is 10.6 Å². The predicted molar refractivity (Wildman–Crippen MR) is 76.5 cm³/mol. The number of hydrogen-bond acceptors (Lipinski definition) is 2. The van der Waals surface area contributed by atoms with Gasteiger partial charge in [0.25, 0.3) is 0 Å². The summed E-state index contributed by atoms with van der Waals surface area (Å²) in [6.07, 6.45) is 7.88. The lowest BCUT2D eigenvalue weighted by Crippen LogP contribution is -2.48. The van der Waals surface area contributed by atoms with Gasteiger partial charge < -0.3 is 15.7 Å². The Labute approximate surface area is 120 Å². The molecule has 0 spiro atoms. The van der Waals surface area contributed by atoms with Crippen LogP contribution in [0.15, 0.2) is 0 Å². The Balaban J connectivity index is 1.76. The Hall–Kier alpha value is -1.26. The van der Waals surface area contributed by atoms with Crippen LogP contribution >= 0.6 is 0 Å². The summed E-state index contributed by atoms with van der Waals surface area (Å²) in [7, 11) is 0. The molecule has 2 aliphatic carbocycles. The van der Waals surface area contributed by atoms with Crippen LogP contribution in [0.2, 0.25) is 0 Å². The van der Waals surface area contributed by atoms with Crippen molar-refractivity contribution in [2.24, 2.45) is 11.3 Å². The number of nitrogens with one attached hydrogen (secondary N) is 2. The molecule has 0 saturated heterocycles. The maximum absolute atomic E-state index is 11.8. The number of hydrogen-bond donors (Lipinski definition) is 3. The van der Waals surface area contributed by atoms with E-state index in [1.165, 1.54) is 12.8 Å². The standard InChI is InChI=1S/C15H26N2O3/c1-11(9-12-5-6-12)17-14(20)16-10-15(13(18)19)7-3-2-4-8-15/h11-12H,2-10H2,1H3,(H,18,19)(H2,16,17,20). The molecule has 2 fully saturated rings. The average Bonchev–Trinajstić information content (AvgIpc) is 3.21. The first-order valence-corrected chi connectivity index (χ1v) is 7.80. The Morgan fingerprint density at radius 3 is 2.45 bits per heavy atom. The minimum Gasteiger partial charge on any atom is -0.481 e. The molecule has 2 rings (SSSR count). The number of rotatable bonds is 6. The van der Waals surface area contributed by atoms with Gasteiger partial charge in [0, 0.05) is 12.6 Å². The van der Waals surface area contributed by atoms with Gasteiger partial charge in [-0.05, 0) is 32.1 Å². The van der Waals surface area contributed by atoms with Crippen molar-refractivity contribution in [1.29, 1.82) is 0 Å². The lowest BCUT2D eigenvalue weighted by Gasteiger charge is -2.33. The Morgan fingerprint density at radius 2 is 1.90 bits per heavy atom. The molecule has 0 aliphatic heterocycles. The Bertz CT molecular complexity index is 360. The van der Waals surface area contributed by atoms with E-state index in [-0.39, 0.29) is 18.6 Å². The monoisotopic (exact) mass is 282 g/mol. The largest absolute Gasteiger partial charge is 0.481 e. The van der Waals surface area contributed by atoms with Gasteiger partial charge in [0.2, 0.25) is 0 Å². The molecule has 5 heteroatoms. The summed E-state index contributed by atoms with van der Waals surface area (Å²) >= 11 is 0. The van der Waals surface area contributed by atoms with Crippen molar-refractivity contribution in [2.75, 3.05) is 6.54 Å². The summed E-state index contributed by atoms with van der Waals surface area (Å²) in [5.41, 5.74) is -0.755. The molecule has 0 bridgehead atoms. The van der Waals surface area contributed by atoms with Crippen LogP contribution < -0.4 is 10.6 Å². The maximum Gasteiger partial charge on any atom is 0.315 e. The molecule has 0 aromatic rings. The van der Waals surface area contributed by atoms with E-state index < -0.39 is 11.4 Å². The number of carbonyl (C=O) groups excluding carboxylic acids is 1. The topological polar surface area (TPSA) is 78.4 Å². The molecular formula is C15H26N2O3. The number of carboxylic acids is 1. The molecule has 2 saturated carbocycles. The number of amides is 2. The lowest BCUT2D eigenvalue weighted by atomic mass is 9.74. The molecule has 0 aromatic carbocycles. The predicted octanol–water partition coefficient (Wildman–Crippen LogP) is 2.51. The second-order valence-electron chi connectivity index (χ2n) is 6.55. The molecule has 20 heavy (non-hydrogen) atoms. The van der Waals surface area contributed by atoms with E-state index in [9.17, 15) is 14.7 Å². The van der Waals surface area contributed by atoms with Crippen molar-refractivity contribution in [2.45, 2.75) is 64.3 Å². The zero-order valence-electron chi connectivity index (χ0n) is 12.3. The van der Waals surface area contributed by atoms with Crippen LogP contribution in [0, 0.1) is 11.3 Å². The molecule has 5 nitrogen and oxygen atoms in total. The summed E-state index contributed by atoms with van der Waals surface area (Å²) in [5.74, 6) is -0.00228. The van der Waals surface area contributed by atoms with Crippen LogP contribution in [0.5, 0.6) is 0 Å². The highest BCUT2D eigenvalue weighted by Gasteiger charge is 2.39. The molecule has 2 amide bonds. The molecule has 114 valence electrons. The van der Waals surface area contributed by atoms with Gasteiger partial charge in [-0.15, -0.1) is 0 Å². The van der Waals surface area contributed by atoms with Crippen molar-refractivity contribution in [3.63, 3.8) is 0 Å². The van der Waals surface area contributed by atoms with E-state index in [0.717, 1.165) is 31.6 Å². The highest BCUT2D eigenvalue weighted by molar-refractivity contribution is 5.78. The molecule has 0 radical (unpaired) electrons. The van der Waals surface area contributed by atoms with Crippen LogP contribution in [-0.2, 0) is 4.79 Å². The molecule has 2 aliphatic rings. The highest BCUT2D eigenvalue weighted by atomic mass is 16.4. The van der Waals surface area contributed by atoms with E-state index in [2.05, 4.69) is 10.6 Å². The zero-order chi connectivity index (χ0) is 14.6. The van der Waals surface area contributed by atoms with Gasteiger partial charge in [0.1, 0.15) is 0 Å².